The number of rotatable bonds is 25. The maximum Gasteiger partial charge on any atom is 0.472 e. The third kappa shape index (κ3) is 23.4. The number of hydrogen-bond acceptors (Lipinski definition) is 9. The summed E-state index contributed by atoms with van der Waals surface area (Å²) in [6.07, 6.45) is 12.8. The number of carbonyl (C=O) groups is 2. The number of aliphatic hydroxyl groups excluding tert-OH is 1. The molecule has 0 saturated carbocycles. The van der Waals surface area contributed by atoms with E-state index in [0.717, 1.165) is 38.5 Å². The number of ether oxygens (including phenoxy) is 2. The second kappa shape index (κ2) is 23.1. The molecule has 0 aromatic carbocycles. The highest BCUT2D eigenvalue weighted by atomic mass is 31.2. The van der Waals surface area contributed by atoms with Crippen molar-refractivity contribution >= 4 is 19.8 Å². The smallest absolute Gasteiger partial charge is 0.462 e. The first-order chi connectivity index (χ1) is 17.2. The quantitative estimate of drug-likeness (QED) is 0.0615. The topological polar surface area (TPSA) is 155 Å². The molecule has 0 rings (SSSR count). The average Bonchev–Trinajstić information content (AvgIpc) is 2.83. The van der Waals surface area contributed by atoms with Gasteiger partial charge in [-0.05, 0) is 12.8 Å². The first-order valence-corrected chi connectivity index (χ1v) is 15.1. The lowest BCUT2D eigenvalue weighted by Crippen LogP contribution is -2.30. The number of unbranched alkanes of at least 4 members (excludes halogenated alkanes) is 12. The molecule has 10 nitrogen and oxygen atoms in total. The average molecular weight is 540 g/mol. The van der Waals surface area contributed by atoms with Gasteiger partial charge in [0, 0.05) is 12.8 Å². The Morgan fingerprint density at radius 3 is 1.67 bits per heavy atom. The lowest BCUT2D eigenvalue weighted by Gasteiger charge is -2.20. The van der Waals surface area contributed by atoms with Crippen molar-refractivity contribution in [2.75, 3.05) is 19.8 Å². The molecule has 0 aromatic heterocycles. The van der Waals surface area contributed by atoms with Gasteiger partial charge >= 0.3 is 19.8 Å². The molecule has 0 radical (unpaired) electrons. The van der Waals surface area contributed by atoms with Gasteiger partial charge < -0.3 is 25.2 Å². The predicted molar refractivity (Wildman–Crippen MR) is 138 cm³/mol. The largest absolute Gasteiger partial charge is 0.472 e. The molecule has 214 valence electrons. The van der Waals surface area contributed by atoms with Gasteiger partial charge in [0.25, 0.3) is 0 Å². The molecule has 0 fully saturated rings. The summed E-state index contributed by atoms with van der Waals surface area (Å²) in [5, 5.41) is 9.00. The highest BCUT2D eigenvalue weighted by Crippen LogP contribution is 2.43. The summed E-state index contributed by atoms with van der Waals surface area (Å²) >= 11 is 0. The lowest BCUT2D eigenvalue weighted by atomic mass is 10.1. The summed E-state index contributed by atoms with van der Waals surface area (Å²) in [6, 6.07) is 0. The molecular formula is C25H50NO9P. The summed E-state index contributed by atoms with van der Waals surface area (Å²) in [7, 11) is -4.54. The van der Waals surface area contributed by atoms with E-state index < -0.39 is 45.3 Å². The van der Waals surface area contributed by atoms with Crippen LogP contribution in [0.25, 0.3) is 0 Å². The van der Waals surface area contributed by atoms with E-state index in [-0.39, 0.29) is 19.4 Å². The van der Waals surface area contributed by atoms with Gasteiger partial charge in [0.15, 0.2) is 6.10 Å². The van der Waals surface area contributed by atoms with Crippen LogP contribution in [0.2, 0.25) is 0 Å². The van der Waals surface area contributed by atoms with Gasteiger partial charge in [0.05, 0.1) is 13.2 Å². The Morgan fingerprint density at radius 1 is 0.722 bits per heavy atom. The fraction of sp³-hybridized carbons (Fsp3) is 0.920. The molecule has 0 amide bonds. The van der Waals surface area contributed by atoms with E-state index >= 15 is 0 Å². The maximum atomic E-state index is 12.3. The van der Waals surface area contributed by atoms with Gasteiger partial charge in [0.1, 0.15) is 12.8 Å². The minimum atomic E-state index is -4.54. The summed E-state index contributed by atoms with van der Waals surface area (Å²) in [6.45, 7) is 2.91. The van der Waals surface area contributed by atoms with Crippen molar-refractivity contribution in [3.05, 3.63) is 0 Å². The first kappa shape index (κ1) is 35.0. The fourth-order valence-corrected chi connectivity index (χ4v) is 4.23. The number of phosphoric acid groups is 1. The zero-order valence-corrected chi connectivity index (χ0v) is 23.3. The lowest BCUT2D eigenvalue weighted by molar-refractivity contribution is -0.161. The molecule has 36 heavy (non-hydrogen) atoms. The van der Waals surface area contributed by atoms with E-state index in [2.05, 4.69) is 18.4 Å². The van der Waals surface area contributed by atoms with E-state index in [9.17, 15) is 19.0 Å². The van der Waals surface area contributed by atoms with Crippen LogP contribution < -0.4 is 5.73 Å². The predicted octanol–water partition coefficient (Wildman–Crippen LogP) is 5.13. The summed E-state index contributed by atoms with van der Waals surface area (Å²) in [5.74, 6) is -0.919. The van der Waals surface area contributed by atoms with E-state index in [0.29, 0.717) is 12.8 Å². The number of hydrogen-bond donors (Lipinski definition) is 3. The van der Waals surface area contributed by atoms with E-state index in [1.54, 1.807) is 0 Å². The molecule has 0 aliphatic rings. The van der Waals surface area contributed by atoms with Crippen molar-refractivity contribution in [1.82, 2.24) is 0 Å². The molecule has 4 N–H and O–H groups in total. The minimum absolute atomic E-state index is 0.197. The summed E-state index contributed by atoms with van der Waals surface area (Å²) < 4.78 is 31.9. The molecule has 0 spiro atoms. The van der Waals surface area contributed by atoms with Crippen molar-refractivity contribution in [2.45, 2.75) is 129 Å². The molecule has 11 heteroatoms. The minimum Gasteiger partial charge on any atom is -0.462 e. The van der Waals surface area contributed by atoms with Crippen LogP contribution in [0.15, 0.2) is 0 Å². The zero-order valence-electron chi connectivity index (χ0n) is 22.4. The van der Waals surface area contributed by atoms with E-state index in [1.807, 2.05) is 0 Å². The van der Waals surface area contributed by atoms with Crippen LogP contribution in [0.4, 0.5) is 0 Å². The molecule has 3 atom stereocenters. The van der Waals surface area contributed by atoms with Crippen LogP contribution >= 0.6 is 7.82 Å². The van der Waals surface area contributed by atoms with Crippen LogP contribution in [0.5, 0.6) is 0 Å². The standard InChI is InChI=1S/C25H50NO9P/c1-3-5-7-9-11-13-15-17-24(28)32-19-22(20-33-36(30,31)34-21-23(26)27)35-25(29)18-16-14-12-10-8-6-4-2/h22-23,27H,3-21,26H2,1-2H3,(H,30,31)/t22-,23+/m1/s1. The molecule has 0 heterocycles. The SMILES string of the molecule is CCCCCCCCCC(=O)OC[C@H](COP(=O)(O)OC[C@@H](N)O)OC(=O)CCCCCCCCC. The van der Waals surface area contributed by atoms with Crippen LogP contribution in [0, 0.1) is 0 Å². The second-order valence-electron chi connectivity index (χ2n) is 9.16. The Hall–Kier alpha value is -1.03. The highest BCUT2D eigenvalue weighted by Gasteiger charge is 2.26. The molecule has 1 unspecified atom stereocenters. The number of phosphoric ester groups is 1. The Balaban J connectivity index is 4.48. The number of nitrogens with two attached hydrogens (primary N) is 1. The summed E-state index contributed by atoms with van der Waals surface area (Å²) in [4.78, 5) is 34.1. The van der Waals surface area contributed by atoms with E-state index in [4.69, 9.17) is 24.8 Å². The Bertz CT molecular complexity index is 604. The van der Waals surface area contributed by atoms with Crippen molar-refractivity contribution < 1.29 is 42.7 Å². The third-order valence-corrected chi connectivity index (χ3v) is 6.48. The highest BCUT2D eigenvalue weighted by molar-refractivity contribution is 7.47. The molecule has 0 aliphatic carbocycles. The van der Waals surface area contributed by atoms with Crippen LogP contribution in [-0.2, 0) is 32.7 Å². The van der Waals surface area contributed by atoms with Gasteiger partial charge in [-0.25, -0.2) is 4.57 Å². The molecular weight excluding hydrogens is 489 g/mol. The van der Waals surface area contributed by atoms with E-state index in [1.165, 1.54) is 38.5 Å². The normalized spacial score (nSPS) is 14.7. The van der Waals surface area contributed by atoms with Crippen LogP contribution in [0.3, 0.4) is 0 Å². The van der Waals surface area contributed by atoms with Crippen LogP contribution in [0.1, 0.15) is 117 Å². The van der Waals surface area contributed by atoms with Gasteiger partial charge in [-0.1, -0.05) is 90.9 Å². The van der Waals surface area contributed by atoms with Crippen molar-refractivity contribution in [1.29, 1.82) is 0 Å². The second-order valence-corrected chi connectivity index (χ2v) is 10.6. The Morgan fingerprint density at radius 2 is 1.17 bits per heavy atom. The molecule has 0 bridgehead atoms. The monoisotopic (exact) mass is 539 g/mol. The molecule has 0 aromatic rings. The number of aliphatic hydroxyl groups is 1. The van der Waals surface area contributed by atoms with Crippen molar-refractivity contribution in [2.24, 2.45) is 5.73 Å². The first-order valence-electron chi connectivity index (χ1n) is 13.6. The number of carbonyl (C=O) groups excluding carboxylic acids is 2. The molecule has 0 aliphatic heterocycles. The van der Waals surface area contributed by atoms with Gasteiger partial charge in [-0.15, -0.1) is 0 Å². The number of esters is 2. The molecule has 0 saturated heterocycles. The third-order valence-electron chi connectivity index (χ3n) is 5.53. The Kier molecular flexibility index (Phi) is 22.5. The van der Waals surface area contributed by atoms with Gasteiger partial charge in [-0.3, -0.25) is 18.6 Å². The van der Waals surface area contributed by atoms with Gasteiger partial charge in [-0.2, -0.15) is 0 Å². The zero-order chi connectivity index (χ0) is 27.1. The fourth-order valence-electron chi connectivity index (χ4n) is 3.46. The Labute approximate surface area is 217 Å². The van der Waals surface area contributed by atoms with Crippen LogP contribution in [-0.4, -0.2) is 54.1 Å². The van der Waals surface area contributed by atoms with Crippen molar-refractivity contribution in [3.63, 3.8) is 0 Å². The summed E-state index contributed by atoms with van der Waals surface area (Å²) in [5.41, 5.74) is 5.09. The van der Waals surface area contributed by atoms with Gasteiger partial charge in [0.2, 0.25) is 0 Å². The van der Waals surface area contributed by atoms with Crippen molar-refractivity contribution in [3.8, 4) is 0 Å². The maximum absolute atomic E-state index is 12.3.